The molecule has 66 valence electrons. The fraction of sp³-hybridized carbons (Fsp3) is 0.750. The molecule has 1 unspecified atom stereocenters. The average molecular weight is 166 g/mol. The summed E-state index contributed by atoms with van der Waals surface area (Å²) in [4.78, 5) is 3.91. The molecule has 1 aliphatic rings. The van der Waals surface area contributed by atoms with Crippen LogP contribution in [0.1, 0.15) is 25.8 Å². The second kappa shape index (κ2) is 3.23. The average Bonchev–Trinajstić information content (AvgIpc) is 2.74. The number of aromatic nitrogens is 3. The van der Waals surface area contributed by atoms with Crippen LogP contribution < -0.4 is 5.32 Å². The molecule has 1 atom stereocenters. The third-order valence-corrected chi connectivity index (χ3v) is 2.17. The Balaban J connectivity index is 1.79. The zero-order valence-electron chi connectivity index (χ0n) is 7.27. The summed E-state index contributed by atoms with van der Waals surface area (Å²) >= 11 is 0. The Morgan fingerprint density at radius 3 is 3.08 bits per heavy atom. The fourth-order valence-corrected chi connectivity index (χ4v) is 1.16. The van der Waals surface area contributed by atoms with Crippen molar-refractivity contribution in [3.63, 3.8) is 0 Å². The summed E-state index contributed by atoms with van der Waals surface area (Å²) in [5, 5.41) is 7.54. The zero-order valence-corrected chi connectivity index (χ0v) is 7.27. The zero-order chi connectivity index (χ0) is 8.39. The van der Waals surface area contributed by atoms with E-state index in [1.165, 1.54) is 12.8 Å². The van der Waals surface area contributed by atoms with Crippen LogP contribution in [0, 0.1) is 0 Å². The molecule has 1 aromatic heterocycles. The first-order valence-corrected chi connectivity index (χ1v) is 4.44. The van der Waals surface area contributed by atoms with E-state index in [-0.39, 0.29) is 0 Å². The minimum atomic E-state index is 0.410. The molecule has 1 fully saturated rings. The van der Waals surface area contributed by atoms with E-state index in [1.54, 1.807) is 12.7 Å². The maximum atomic E-state index is 4.08. The molecule has 4 heteroatoms. The molecule has 0 radical (unpaired) electrons. The van der Waals surface area contributed by atoms with Gasteiger partial charge in [-0.3, -0.25) is 0 Å². The summed E-state index contributed by atoms with van der Waals surface area (Å²) in [5.74, 6) is 0. The molecule has 0 amide bonds. The van der Waals surface area contributed by atoms with Crippen LogP contribution in [-0.2, 0) is 0 Å². The van der Waals surface area contributed by atoms with Gasteiger partial charge in [-0.25, -0.2) is 9.67 Å². The first-order chi connectivity index (χ1) is 5.86. The molecule has 4 nitrogen and oxygen atoms in total. The third kappa shape index (κ3) is 1.82. The Hall–Kier alpha value is -0.900. The summed E-state index contributed by atoms with van der Waals surface area (Å²) < 4.78 is 1.88. The highest BCUT2D eigenvalue weighted by Gasteiger charge is 2.21. The van der Waals surface area contributed by atoms with E-state index in [1.807, 2.05) is 4.68 Å². The van der Waals surface area contributed by atoms with Crippen LogP contribution in [0.25, 0.3) is 0 Å². The standard InChI is InChI=1S/C8H14N4/c1-7(4-10-8-2-3-8)12-6-9-5-11-12/h5-8,10H,2-4H2,1H3. The highest BCUT2D eigenvalue weighted by Crippen LogP contribution is 2.19. The number of rotatable bonds is 4. The van der Waals surface area contributed by atoms with E-state index >= 15 is 0 Å². The third-order valence-electron chi connectivity index (χ3n) is 2.17. The second-order valence-electron chi connectivity index (χ2n) is 3.41. The number of hydrogen-bond acceptors (Lipinski definition) is 3. The van der Waals surface area contributed by atoms with Gasteiger partial charge in [0.2, 0.25) is 0 Å². The van der Waals surface area contributed by atoms with Crippen molar-refractivity contribution in [2.75, 3.05) is 6.54 Å². The maximum Gasteiger partial charge on any atom is 0.137 e. The Morgan fingerprint density at radius 2 is 2.50 bits per heavy atom. The minimum Gasteiger partial charge on any atom is -0.312 e. The van der Waals surface area contributed by atoms with E-state index in [2.05, 4.69) is 22.3 Å². The number of nitrogens with zero attached hydrogens (tertiary/aromatic N) is 3. The molecule has 0 bridgehead atoms. The summed E-state index contributed by atoms with van der Waals surface area (Å²) in [7, 11) is 0. The van der Waals surface area contributed by atoms with Gasteiger partial charge < -0.3 is 5.32 Å². The predicted octanol–water partition coefficient (Wildman–Crippen LogP) is 0.591. The van der Waals surface area contributed by atoms with E-state index in [0.29, 0.717) is 6.04 Å². The summed E-state index contributed by atoms with van der Waals surface area (Å²) in [6, 6.07) is 1.18. The van der Waals surface area contributed by atoms with Crippen molar-refractivity contribution in [2.24, 2.45) is 0 Å². The lowest BCUT2D eigenvalue weighted by Crippen LogP contribution is -2.25. The topological polar surface area (TPSA) is 42.7 Å². The van der Waals surface area contributed by atoms with Gasteiger partial charge in [-0.1, -0.05) is 0 Å². The first-order valence-electron chi connectivity index (χ1n) is 4.44. The molecular weight excluding hydrogens is 152 g/mol. The van der Waals surface area contributed by atoms with Gasteiger partial charge in [-0.2, -0.15) is 5.10 Å². The largest absolute Gasteiger partial charge is 0.312 e. The fourth-order valence-electron chi connectivity index (χ4n) is 1.16. The number of nitrogens with one attached hydrogen (secondary N) is 1. The lowest BCUT2D eigenvalue weighted by atomic mass is 10.3. The quantitative estimate of drug-likeness (QED) is 0.712. The molecule has 0 aliphatic heterocycles. The van der Waals surface area contributed by atoms with Crippen LogP contribution in [0.4, 0.5) is 0 Å². The van der Waals surface area contributed by atoms with Crippen LogP contribution in [0.3, 0.4) is 0 Å². The van der Waals surface area contributed by atoms with E-state index in [0.717, 1.165) is 12.6 Å². The van der Waals surface area contributed by atoms with E-state index < -0.39 is 0 Å². The Bertz CT molecular complexity index is 227. The van der Waals surface area contributed by atoms with Crippen molar-refractivity contribution < 1.29 is 0 Å². The van der Waals surface area contributed by atoms with E-state index in [4.69, 9.17) is 0 Å². The highest BCUT2D eigenvalue weighted by molar-refractivity contribution is 4.82. The Kier molecular flexibility index (Phi) is 2.08. The van der Waals surface area contributed by atoms with Gasteiger partial charge >= 0.3 is 0 Å². The SMILES string of the molecule is CC(CNC1CC1)n1cncn1. The van der Waals surface area contributed by atoms with E-state index in [9.17, 15) is 0 Å². The lowest BCUT2D eigenvalue weighted by Gasteiger charge is -2.11. The second-order valence-corrected chi connectivity index (χ2v) is 3.41. The summed E-state index contributed by atoms with van der Waals surface area (Å²) in [6.45, 7) is 3.14. The van der Waals surface area contributed by atoms with Crippen molar-refractivity contribution >= 4 is 0 Å². The van der Waals surface area contributed by atoms with Gasteiger partial charge in [0.05, 0.1) is 6.04 Å². The van der Waals surface area contributed by atoms with Crippen molar-refractivity contribution in [1.82, 2.24) is 20.1 Å². The van der Waals surface area contributed by atoms with Crippen molar-refractivity contribution in [3.8, 4) is 0 Å². The van der Waals surface area contributed by atoms with Crippen molar-refractivity contribution in [3.05, 3.63) is 12.7 Å². The van der Waals surface area contributed by atoms with Gasteiger partial charge in [0.1, 0.15) is 12.7 Å². The molecule has 12 heavy (non-hydrogen) atoms. The van der Waals surface area contributed by atoms with Gasteiger partial charge in [-0.15, -0.1) is 0 Å². The highest BCUT2D eigenvalue weighted by atomic mass is 15.3. The molecule has 2 rings (SSSR count). The van der Waals surface area contributed by atoms with Crippen LogP contribution in [-0.4, -0.2) is 27.4 Å². The molecule has 1 heterocycles. The first kappa shape index (κ1) is 7.73. The molecular formula is C8H14N4. The Morgan fingerprint density at radius 1 is 1.67 bits per heavy atom. The van der Waals surface area contributed by atoms with Crippen LogP contribution in [0.5, 0.6) is 0 Å². The van der Waals surface area contributed by atoms with Crippen LogP contribution >= 0.6 is 0 Å². The summed E-state index contributed by atoms with van der Waals surface area (Å²) in [5.41, 5.74) is 0. The molecule has 1 aliphatic carbocycles. The molecule has 0 saturated heterocycles. The predicted molar refractivity (Wildman–Crippen MR) is 45.8 cm³/mol. The Labute approximate surface area is 72.0 Å². The van der Waals surface area contributed by atoms with Crippen LogP contribution in [0.15, 0.2) is 12.7 Å². The minimum absolute atomic E-state index is 0.410. The van der Waals surface area contributed by atoms with Crippen LogP contribution in [0.2, 0.25) is 0 Å². The number of hydrogen-bond donors (Lipinski definition) is 1. The smallest absolute Gasteiger partial charge is 0.137 e. The summed E-state index contributed by atoms with van der Waals surface area (Å²) in [6.07, 6.45) is 6.01. The normalized spacial score (nSPS) is 19.4. The van der Waals surface area contributed by atoms with Gasteiger partial charge in [0.15, 0.2) is 0 Å². The van der Waals surface area contributed by atoms with Crippen molar-refractivity contribution in [1.29, 1.82) is 0 Å². The molecule has 1 saturated carbocycles. The van der Waals surface area contributed by atoms with Crippen molar-refractivity contribution in [2.45, 2.75) is 31.8 Å². The van der Waals surface area contributed by atoms with Gasteiger partial charge in [-0.05, 0) is 19.8 Å². The lowest BCUT2D eigenvalue weighted by molar-refractivity contribution is 0.451. The molecule has 1 N–H and O–H groups in total. The molecule has 0 spiro atoms. The monoisotopic (exact) mass is 166 g/mol. The maximum absolute atomic E-state index is 4.08. The molecule has 0 aromatic carbocycles. The van der Waals surface area contributed by atoms with Gasteiger partial charge in [0.25, 0.3) is 0 Å². The molecule has 1 aromatic rings. The van der Waals surface area contributed by atoms with Gasteiger partial charge in [0, 0.05) is 12.6 Å².